The molecule has 0 radical (unpaired) electrons. The average molecular weight is 368 g/mol. The Kier molecular flexibility index (Phi) is 5.47. The summed E-state index contributed by atoms with van der Waals surface area (Å²) in [6.07, 6.45) is -0.120. The van der Waals surface area contributed by atoms with Gasteiger partial charge < -0.3 is 10.5 Å². The van der Waals surface area contributed by atoms with Crippen LogP contribution < -0.4 is 10.5 Å². The first-order valence-electron chi connectivity index (χ1n) is 7.15. The second-order valence-corrected chi connectivity index (χ2v) is 7.60. The van der Waals surface area contributed by atoms with Crippen molar-refractivity contribution in [2.24, 2.45) is 5.73 Å². The molecule has 2 N–H and O–H groups in total. The number of rotatable bonds is 5. The molecule has 4 heteroatoms. The molecule has 2 atom stereocenters. The van der Waals surface area contributed by atoms with Gasteiger partial charge in [-0.1, -0.05) is 19.9 Å². The van der Waals surface area contributed by atoms with Gasteiger partial charge in [0.05, 0.1) is 0 Å². The Hall–Kier alpha value is -0.840. The predicted molar refractivity (Wildman–Crippen MR) is 94.3 cm³/mol. The number of thiophene rings is 1. The first kappa shape index (κ1) is 16.5. The van der Waals surface area contributed by atoms with E-state index in [-0.39, 0.29) is 12.1 Å². The number of halogens is 1. The van der Waals surface area contributed by atoms with Crippen LogP contribution >= 0.6 is 27.3 Å². The number of hydrogen-bond donors (Lipinski definition) is 1. The molecule has 21 heavy (non-hydrogen) atoms. The van der Waals surface area contributed by atoms with Crippen molar-refractivity contribution < 1.29 is 4.74 Å². The van der Waals surface area contributed by atoms with Crippen molar-refractivity contribution in [3.8, 4) is 5.75 Å². The number of hydrogen-bond acceptors (Lipinski definition) is 3. The van der Waals surface area contributed by atoms with E-state index < -0.39 is 0 Å². The third-order valence-corrected chi connectivity index (χ3v) is 5.23. The van der Waals surface area contributed by atoms with Gasteiger partial charge in [-0.2, -0.15) is 0 Å². The fraction of sp³-hybridized carbons (Fsp3) is 0.412. The van der Waals surface area contributed by atoms with Crippen molar-refractivity contribution in [1.29, 1.82) is 0 Å². The summed E-state index contributed by atoms with van der Waals surface area (Å²) in [5.41, 5.74) is 8.73. The van der Waals surface area contributed by atoms with Crippen LogP contribution in [0, 0.1) is 6.92 Å². The zero-order valence-electron chi connectivity index (χ0n) is 12.9. The minimum atomic E-state index is -0.120. The summed E-state index contributed by atoms with van der Waals surface area (Å²) in [7, 11) is 0. The Bertz CT molecular complexity index is 607. The summed E-state index contributed by atoms with van der Waals surface area (Å²) in [6, 6.07) is 8.31. The van der Waals surface area contributed by atoms with Crippen molar-refractivity contribution in [3.05, 3.63) is 50.1 Å². The molecule has 0 saturated heterocycles. The standard InChI is InChI=1S/C17H22BrNOS/c1-10(2)15-6-5-14(7-11(15)3)20-17(12(4)19)16-8-13(18)9-21-16/h5-10,12,17H,19H2,1-4H3. The Balaban J connectivity index is 2.23. The molecule has 2 nitrogen and oxygen atoms in total. The van der Waals surface area contributed by atoms with Crippen molar-refractivity contribution in [2.75, 3.05) is 0 Å². The molecule has 0 spiro atoms. The van der Waals surface area contributed by atoms with Gasteiger partial charge in [0, 0.05) is 20.8 Å². The molecule has 2 unspecified atom stereocenters. The van der Waals surface area contributed by atoms with E-state index in [4.69, 9.17) is 10.5 Å². The molecule has 0 aliphatic carbocycles. The highest BCUT2D eigenvalue weighted by molar-refractivity contribution is 9.10. The van der Waals surface area contributed by atoms with Gasteiger partial charge in [-0.15, -0.1) is 11.3 Å². The molecular formula is C17H22BrNOS. The van der Waals surface area contributed by atoms with E-state index in [1.54, 1.807) is 11.3 Å². The molecule has 2 rings (SSSR count). The highest BCUT2D eigenvalue weighted by atomic mass is 79.9. The Morgan fingerprint density at radius 2 is 1.90 bits per heavy atom. The molecule has 0 aliphatic rings. The summed E-state index contributed by atoms with van der Waals surface area (Å²) < 4.78 is 7.23. The Morgan fingerprint density at radius 1 is 1.19 bits per heavy atom. The first-order valence-corrected chi connectivity index (χ1v) is 8.82. The second-order valence-electron chi connectivity index (χ2n) is 5.74. The minimum absolute atomic E-state index is 0.0689. The highest BCUT2D eigenvalue weighted by Gasteiger charge is 2.20. The predicted octanol–water partition coefficient (Wildman–Crippen LogP) is 5.41. The van der Waals surface area contributed by atoms with Crippen LogP contribution in [0.15, 0.2) is 34.1 Å². The summed E-state index contributed by atoms with van der Waals surface area (Å²) in [4.78, 5) is 1.14. The molecule has 0 bridgehead atoms. The molecule has 0 aliphatic heterocycles. The maximum atomic E-state index is 6.16. The summed E-state index contributed by atoms with van der Waals surface area (Å²) >= 11 is 5.15. The monoisotopic (exact) mass is 367 g/mol. The van der Waals surface area contributed by atoms with E-state index in [2.05, 4.69) is 60.3 Å². The van der Waals surface area contributed by atoms with Gasteiger partial charge >= 0.3 is 0 Å². The van der Waals surface area contributed by atoms with E-state index in [0.717, 1.165) is 15.1 Å². The van der Waals surface area contributed by atoms with Gasteiger partial charge in [-0.05, 0) is 65.0 Å². The molecule has 1 heterocycles. The lowest BCUT2D eigenvalue weighted by Crippen LogP contribution is -2.28. The molecule has 0 saturated carbocycles. The Labute approximate surface area is 139 Å². The molecular weight excluding hydrogens is 346 g/mol. The first-order chi connectivity index (χ1) is 9.88. The summed E-state index contributed by atoms with van der Waals surface area (Å²) in [5, 5.41) is 2.06. The van der Waals surface area contributed by atoms with Gasteiger partial charge in [0.15, 0.2) is 0 Å². The largest absolute Gasteiger partial charge is 0.483 e. The van der Waals surface area contributed by atoms with E-state index in [0.29, 0.717) is 5.92 Å². The maximum absolute atomic E-state index is 6.16. The van der Waals surface area contributed by atoms with Crippen LogP contribution in [0.5, 0.6) is 5.75 Å². The number of benzene rings is 1. The molecule has 0 fully saturated rings. The number of ether oxygens (including phenoxy) is 1. The van der Waals surface area contributed by atoms with Crippen LogP contribution in [0.25, 0.3) is 0 Å². The zero-order valence-corrected chi connectivity index (χ0v) is 15.3. The Morgan fingerprint density at radius 3 is 2.38 bits per heavy atom. The van der Waals surface area contributed by atoms with E-state index in [9.17, 15) is 0 Å². The van der Waals surface area contributed by atoms with Crippen LogP contribution in [0.1, 0.15) is 48.8 Å². The second kappa shape index (κ2) is 6.95. The maximum Gasteiger partial charge on any atom is 0.148 e. The van der Waals surface area contributed by atoms with Gasteiger partial charge in [0.1, 0.15) is 11.9 Å². The number of aryl methyl sites for hydroxylation is 1. The van der Waals surface area contributed by atoms with E-state index >= 15 is 0 Å². The molecule has 114 valence electrons. The fourth-order valence-electron chi connectivity index (χ4n) is 2.42. The van der Waals surface area contributed by atoms with Crippen LogP contribution in [-0.4, -0.2) is 6.04 Å². The summed E-state index contributed by atoms with van der Waals surface area (Å²) in [6.45, 7) is 8.52. The molecule has 1 aromatic carbocycles. The SMILES string of the molecule is Cc1cc(OC(c2cc(Br)cs2)C(C)N)ccc1C(C)C. The van der Waals surface area contributed by atoms with Crippen LogP contribution in [0.3, 0.4) is 0 Å². The lowest BCUT2D eigenvalue weighted by molar-refractivity contribution is 0.184. The average Bonchev–Trinajstić information content (AvgIpc) is 2.81. The normalized spacial score (nSPS) is 14.2. The van der Waals surface area contributed by atoms with E-state index in [1.165, 1.54) is 11.1 Å². The lowest BCUT2D eigenvalue weighted by atomic mass is 9.98. The quantitative estimate of drug-likeness (QED) is 0.766. The molecule has 1 aromatic heterocycles. The summed E-state index contributed by atoms with van der Waals surface area (Å²) in [5.74, 6) is 1.40. The minimum Gasteiger partial charge on any atom is -0.483 e. The van der Waals surface area contributed by atoms with Gasteiger partial charge in [-0.3, -0.25) is 0 Å². The third kappa shape index (κ3) is 4.09. The zero-order chi connectivity index (χ0) is 15.6. The lowest BCUT2D eigenvalue weighted by Gasteiger charge is -2.22. The highest BCUT2D eigenvalue weighted by Crippen LogP contribution is 2.32. The van der Waals surface area contributed by atoms with Crippen LogP contribution in [0.2, 0.25) is 0 Å². The fourth-order valence-corrected chi connectivity index (χ4v) is 4.00. The molecule has 0 amide bonds. The smallest absolute Gasteiger partial charge is 0.148 e. The van der Waals surface area contributed by atoms with Gasteiger partial charge in [0.25, 0.3) is 0 Å². The molecule has 2 aromatic rings. The van der Waals surface area contributed by atoms with Crippen molar-refractivity contribution >= 4 is 27.3 Å². The van der Waals surface area contributed by atoms with Crippen LogP contribution in [-0.2, 0) is 0 Å². The van der Waals surface area contributed by atoms with Crippen LogP contribution in [0.4, 0.5) is 0 Å². The number of nitrogens with two attached hydrogens (primary N) is 1. The topological polar surface area (TPSA) is 35.2 Å². The van der Waals surface area contributed by atoms with Gasteiger partial charge in [-0.25, -0.2) is 0 Å². The van der Waals surface area contributed by atoms with Gasteiger partial charge in [0.2, 0.25) is 0 Å². The van der Waals surface area contributed by atoms with Crippen molar-refractivity contribution in [1.82, 2.24) is 0 Å². The third-order valence-electron chi connectivity index (χ3n) is 3.47. The van der Waals surface area contributed by atoms with Crippen molar-refractivity contribution in [3.63, 3.8) is 0 Å². The van der Waals surface area contributed by atoms with E-state index in [1.807, 2.05) is 13.0 Å². The van der Waals surface area contributed by atoms with Crippen molar-refractivity contribution in [2.45, 2.75) is 45.8 Å².